The third-order valence-electron chi connectivity index (χ3n) is 3.25. The maximum absolute atomic E-state index is 10.3. The molecule has 1 N–H and O–H groups in total. The lowest BCUT2D eigenvalue weighted by molar-refractivity contribution is 0.0872. The van der Waals surface area contributed by atoms with Crippen LogP contribution in [0.3, 0.4) is 0 Å². The fourth-order valence-electron chi connectivity index (χ4n) is 2.15. The van der Waals surface area contributed by atoms with Crippen molar-refractivity contribution in [3.63, 3.8) is 0 Å². The maximum atomic E-state index is 10.3. The van der Waals surface area contributed by atoms with E-state index >= 15 is 0 Å². The quantitative estimate of drug-likeness (QED) is 0.431. The molecule has 12 heavy (non-hydrogen) atoms. The van der Waals surface area contributed by atoms with Crippen LogP contribution in [0.2, 0.25) is 0 Å². The van der Waals surface area contributed by atoms with E-state index in [2.05, 4.69) is 10.1 Å². The van der Waals surface area contributed by atoms with E-state index in [4.69, 9.17) is 0 Å². The first-order chi connectivity index (χ1) is 5.85. The van der Waals surface area contributed by atoms with Gasteiger partial charge in [-0.05, 0) is 31.3 Å². The minimum absolute atomic E-state index is 0.611. The Morgan fingerprint density at radius 3 is 2.42 bits per heavy atom. The molecule has 4 heteroatoms. The fraction of sp³-hybridized carbons (Fsp3) is 0.875. The van der Waals surface area contributed by atoms with Crippen LogP contribution in [0.15, 0.2) is 0 Å². The van der Waals surface area contributed by atoms with E-state index in [9.17, 15) is 4.79 Å². The van der Waals surface area contributed by atoms with Crippen molar-refractivity contribution < 1.29 is 4.79 Å². The summed E-state index contributed by atoms with van der Waals surface area (Å²) in [5.41, 5.74) is 0.611. The molecule has 0 aromatic carbocycles. The van der Waals surface area contributed by atoms with Gasteiger partial charge >= 0.3 is 0 Å². The SMILES string of the molecule is O=CBN1CCC2(CC1)CNC2. The highest BCUT2D eigenvalue weighted by atomic mass is 16.1. The van der Waals surface area contributed by atoms with Crippen molar-refractivity contribution in [2.75, 3.05) is 26.2 Å². The van der Waals surface area contributed by atoms with Crippen molar-refractivity contribution in [3.05, 3.63) is 0 Å². The molecule has 0 atom stereocenters. The Kier molecular flexibility index (Phi) is 2.19. The lowest BCUT2D eigenvalue weighted by atomic mass is 9.72. The lowest BCUT2D eigenvalue weighted by Crippen LogP contribution is -2.58. The number of nitrogens with one attached hydrogen (secondary N) is 1. The highest BCUT2D eigenvalue weighted by molar-refractivity contribution is 6.64. The highest BCUT2D eigenvalue weighted by Gasteiger charge is 2.39. The molecule has 2 saturated heterocycles. The number of hydrogen-bond acceptors (Lipinski definition) is 3. The largest absolute Gasteiger partial charge is 0.339 e. The molecule has 0 aliphatic carbocycles. The van der Waals surface area contributed by atoms with Gasteiger partial charge in [0, 0.05) is 13.1 Å². The van der Waals surface area contributed by atoms with Crippen LogP contribution in [0.25, 0.3) is 0 Å². The molecule has 2 aliphatic heterocycles. The summed E-state index contributed by atoms with van der Waals surface area (Å²) in [5.74, 6) is 0. The van der Waals surface area contributed by atoms with E-state index in [0.29, 0.717) is 12.8 Å². The second kappa shape index (κ2) is 3.19. The van der Waals surface area contributed by atoms with E-state index < -0.39 is 0 Å². The Morgan fingerprint density at radius 2 is 2.00 bits per heavy atom. The summed E-state index contributed by atoms with van der Waals surface area (Å²) in [6.07, 6.45) is 3.55. The number of nitrogens with zero attached hydrogens (tertiary/aromatic N) is 1. The van der Waals surface area contributed by atoms with Gasteiger partial charge in [-0.15, -0.1) is 0 Å². The minimum Gasteiger partial charge on any atom is -0.339 e. The maximum Gasteiger partial charge on any atom is 0.281 e. The molecular formula is C8H15BN2O. The van der Waals surface area contributed by atoms with Crippen LogP contribution in [0.4, 0.5) is 0 Å². The van der Waals surface area contributed by atoms with Gasteiger partial charge in [0.05, 0.1) is 6.19 Å². The summed E-state index contributed by atoms with van der Waals surface area (Å²) in [6.45, 7) is 4.62. The zero-order valence-electron chi connectivity index (χ0n) is 7.38. The van der Waals surface area contributed by atoms with Crippen molar-refractivity contribution >= 4 is 13.6 Å². The van der Waals surface area contributed by atoms with Crippen LogP contribution in [-0.2, 0) is 4.79 Å². The van der Waals surface area contributed by atoms with Gasteiger partial charge in [0.1, 0.15) is 0 Å². The Hall–Kier alpha value is -0.345. The average Bonchev–Trinajstić information content (AvgIpc) is 2.04. The summed E-state index contributed by atoms with van der Waals surface area (Å²) in [6, 6.07) is 0. The number of hydrogen-bond donors (Lipinski definition) is 1. The second-order valence-electron chi connectivity index (χ2n) is 4.07. The summed E-state index contributed by atoms with van der Waals surface area (Å²) >= 11 is 0. The van der Waals surface area contributed by atoms with E-state index in [1.807, 2.05) is 0 Å². The first-order valence-corrected chi connectivity index (χ1v) is 4.71. The van der Waals surface area contributed by atoms with Crippen LogP contribution in [0, 0.1) is 5.41 Å². The van der Waals surface area contributed by atoms with Gasteiger partial charge < -0.3 is 14.9 Å². The van der Waals surface area contributed by atoms with Crippen molar-refractivity contribution in [1.29, 1.82) is 0 Å². The zero-order chi connectivity index (χ0) is 8.44. The van der Waals surface area contributed by atoms with Gasteiger partial charge in [-0.3, -0.25) is 0 Å². The Bertz CT molecular complexity index is 172. The molecule has 1 spiro atoms. The van der Waals surface area contributed by atoms with Gasteiger partial charge in [-0.2, -0.15) is 0 Å². The molecule has 0 radical (unpaired) electrons. The van der Waals surface area contributed by atoms with Crippen LogP contribution < -0.4 is 5.32 Å². The molecule has 2 heterocycles. The molecule has 0 bridgehead atoms. The predicted molar refractivity (Wildman–Crippen MR) is 50.0 cm³/mol. The zero-order valence-corrected chi connectivity index (χ0v) is 7.38. The Morgan fingerprint density at radius 1 is 1.33 bits per heavy atom. The average molecular weight is 166 g/mol. The van der Waals surface area contributed by atoms with Crippen LogP contribution in [0.5, 0.6) is 0 Å². The lowest BCUT2D eigenvalue weighted by Gasteiger charge is -2.48. The third-order valence-corrected chi connectivity index (χ3v) is 3.25. The second-order valence-corrected chi connectivity index (χ2v) is 4.07. The first kappa shape index (κ1) is 8.26. The number of piperidine rings is 1. The standard InChI is InChI=1S/C8H15BN2O/c12-7-9-11-3-1-8(2-4-11)5-10-6-8/h7,9-10H,1-6H2. The summed E-state index contributed by atoms with van der Waals surface area (Å²) in [4.78, 5) is 12.5. The monoisotopic (exact) mass is 166 g/mol. The molecule has 0 unspecified atom stereocenters. The summed E-state index contributed by atoms with van der Waals surface area (Å²) in [5, 5.41) is 3.33. The normalized spacial score (nSPS) is 28.0. The first-order valence-electron chi connectivity index (χ1n) is 4.71. The Labute approximate surface area is 73.8 Å². The van der Waals surface area contributed by atoms with Crippen LogP contribution in [0.1, 0.15) is 12.8 Å². The Balaban J connectivity index is 1.80. The molecule has 0 aromatic heterocycles. The molecule has 2 rings (SSSR count). The molecule has 66 valence electrons. The van der Waals surface area contributed by atoms with Gasteiger partial charge in [0.15, 0.2) is 0 Å². The van der Waals surface area contributed by atoms with E-state index in [1.54, 1.807) is 0 Å². The number of carbonyl (C=O) groups excluding carboxylic acids is 1. The predicted octanol–water partition coefficient (Wildman–Crippen LogP) is -0.787. The molecule has 0 saturated carbocycles. The number of rotatable bonds is 2. The van der Waals surface area contributed by atoms with Crippen LogP contribution in [-0.4, -0.2) is 44.6 Å². The van der Waals surface area contributed by atoms with Crippen LogP contribution >= 0.6 is 0 Å². The minimum atomic E-state index is 0.611. The van der Waals surface area contributed by atoms with Crippen molar-refractivity contribution in [2.24, 2.45) is 5.41 Å². The molecular weight excluding hydrogens is 151 g/mol. The fourth-order valence-corrected chi connectivity index (χ4v) is 2.15. The van der Waals surface area contributed by atoms with Crippen molar-refractivity contribution in [1.82, 2.24) is 10.1 Å². The van der Waals surface area contributed by atoms with Gasteiger partial charge in [-0.1, -0.05) is 0 Å². The number of carbonyl (C=O) groups is 1. The summed E-state index contributed by atoms with van der Waals surface area (Å²) < 4.78 is 0. The van der Waals surface area contributed by atoms with Crippen molar-refractivity contribution in [2.45, 2.75) is 12.8 Å². The van der Waals surface area contributed by atoms with E-state index in [-0.39, 0.29) is 0 Å². The topological polar surface area (TPSA) is 32.3 Å². The van der Waals surface area contributed by atoms with E-state index in [0.717, 1.165) is 19.3 Å². The molecule has 2 fully saturated rings. The molecule has 0 aromatic rings. The van der Waals surface area contributed by atoms with Crippen molar-refractivity contribution in [3.8, 4) is 0 Å². The summed E-state index contributed by atoms with van der Waals surface area (Å²) in [7, 11) is 0.628. The van der Waals surface area contributed by atoms with Gasteiger partial charge in [-0.25, -0.2) is 0 Å². The highest BCUT2D eigenvalue weighted by Crippen LogP contribution is 2.34. The van der Waals surface area contributed by atoms with Gasteiger partial charge in [0.2, 0.25) is 0 Å². The van der Waals surface area contributed by atoms with E-state index in [1.165, 1.54) is 25.9 Å². The van der Waals surface area contributed by atoms with Gasteiger partial charge in [0.25, 0.3) is 7.41 Å². The smallest absolute Gasteiger partial charge is 0.281 e. The molecule has 3 nitrogen and oxygen atoms in total. The molecule has 0 amide bonds. The molecule has 2 aliphatic rings. The third kappa shape index (κ3) is 1.41.